The van der Waals surface area contributed by atoms with E-state index in [2.05, 4.69) is 48.3 Å². The fourth-order valence-corrected chi connectivity index (χ4v) is 4.23. The number of fused-ring (bicyclic) bond motifs is 1. The first-order chi connectivity index (χ1) is 15.2. The van der Waals surface area contributed by atoms with Crippen molar-refractivity contribution in [2.45, 2.75) is 32.3 Å². The van der Waals surface area contributed by atoms with Crippen LogP contribution >= 0.6 is 0 Å². The van der Waals surface area contributed by atoms with Gasteiger partial charge in [-0.1, -0.05) is 24.3 Å². The first-order valence-electron chi connectivity index (χ1n) is 11.0. The maximum Gasteiger partial charge on any atom is 0.343 e. The van der Waals surface area contributed by atoms with Crippen LogP contribution in [0.4, 0.5) is 4.79 Å². The number of carbonyl (C=O) groups is 1. The summed E-state index contributed by atoms with van der Waals surface area (Å²) in [6.45, 7) is 4.80. The molecule has 0 saturated carbocycles. The molecule has 2 aromatic carbocycles. The van der Waals surface area contributed by atoms with Crippen LogP contribution in [0, 0.1) is 6.92 Å². The van der Waals surface area contributed by atoms with Crippen molar-refractivity contribution in [1.29, 1.82) is 0 Å². The summed E-state index contributed by atoms with van der Waals surface area (Å²) in [5.41, 5.74) is 4.45. The molecule has 0 radical (unpaired) electrons. The van der Waals surface area contributed by atoms with Gasteiger partial charge in [0.25, 0.3) is 0 Å². The summed E-state index contributed by atoms with van der Waals surface area (Å²) < 4.78 is 6.18. The molecule has 0 spiro atoms. The Morgan fingerprint density at radius 1 is 1.03 bits per heavy atom. The minimum absolute atomic E-state index is 0.0144. The number of hydroxylamine groups is 2. The van der Waals surface area contributed by atoms with E-state index in [1.54, 1.807) is 0 Å². The molecule has 31 heavy (non-hydrogen) atoms. The second-order valence-corrected chi connectivity index (χ2v) is 8.32. The molecule has 2 fully saturated rings. The van der Waals surface area contributed by atoms with Gasteiger partial charge < -0.3 is 9.64 Å². The molecule has 3 aromatic rings. The molecular weight excluding hydrogens is 390 g/mol. The van der Waals surface area contributed by atoms with Crippen molar-refractivity contribution < 1.29 is 14.4 Å². The Morgan fingerprint density at radius 3 is 2.58 bits per heavy atom. The van der Waals surface area contributed by atoms with E-state index < -0.39 is 0 Å². The Morgan fingerprint density at radius 2 is 1.84 bits per heavy atom. The smallest absolute Gasteiger partial charge is 0.343 e. The zero-order valence-electron chi connectivity index (χ0n) is 17.8. The standard InChI is InChI=1S/C25H27N3O3/c1-18-3-4-20-16-21(17-26-24(20)15-18)19-5-7-22(8-6-19)31-23-9-12-27(13-10-23)25(29)28-11-2-14-30-28/h3-8,15-17,23H,2,9-14H2,1H3. The number of nitrogens with zero attached hydrogens (tertiary/aromatic N) is 3. The third kappa shape index (κ3) is 4.35. The molecule has 0 atom stereocenters. The summed E-state index contributed by atoms with van der Waals surface area (Å²) in [5.74, 6) is 0.862. The molecule has 6 nitrogen and oxygen atoms in total. The molecule has 1 aromatic heterocycles. The van der Waals surface area contributed by atoms with E-state index in [4.69, 9.17) is 9.57 Å². The van der Waals surface area contributed by atoms with Gasteiger partial charge in [-0.3, -0.25) is 9.82 Å². The Bertz CT molecular complexity index is 1070. The number of amides is 2. The molecular formula is C25H27N3O3. The fourth-order valence-electron chi connectivity index (χ4n) is 4.23. The lowest BCUT2D eigenvalue weighted by molar-refractivity contribution is -0.0797. The average Bonchev–Trinajstić information content (AvgIpc) is 3.34. The number of carbonyl (C=O) groups excluding carboxylic acids is 1. The van der Waals surface area contributed by atoms with Crippen LogP contribution in [0.2, 0.25) is 0 Å². The number of pyridine rings is 1. The zero-order chi connectivity index (χ0) is 21.2. The third-order valence-corrected chi connectivity index (χ3v) is 6.01. The van der Waals surface area contributed by atoms with Crippen LogP contribution in [-0.2, 0) is 4.84 Å². The van der Waals surface area contributed by atoms with Crippen LogP contribution < -0.4 is 4.74 Å². The number of piperidine rings is 1. The number of ether oxygens (including phenoxy) is 1. The van der Waals surface area contributed by atoms with E-state index >= 15 is 0 Å². The molecule has 2 saturated heterocycles. The Labute approximate surface area is 182 Å². The molecule has 2 amide bonds. The summed E-state index contributed by atoms with van der Waals surface area (Å²) in [4.78, 5) is 24.3. The van der Waals surface area contributed by atoms with E-state index in [0.29, 0.717) is 26.2 Å². The molecule has 6 heteroatoms. The highest BCUT2D eigenvalue weighted by atomic mass is 16.7. The van der Waals surface area contributed by atoms with Crippen molar-refractivity contribution in [3.8, 4) is 16.9 Å². The second-order valence-electron chi connectivity index (χ2n) is 8.32. The first kappa shape index (κ1) is 19.8. The molecule has 0 bridgehead atoms. The van der Waals surface area contributed by atoms with Crippen molar-refractivity contribution in [2.24, 2.45) is 0 Å². The average molecular weight is 418 g/mol. The Balaban J connectivity index is 1.19. The summed E-state index contributed by atoms with van der Waals surface area (Å²) in [5, 5.41) is 2.63. The van der Waals surface area contributed by atoms with E-state index in [0.717, 1.165) is 47.0 Å². The molecule has 0 N–H and O–H groups in total. The molecule has 5 rings (SSSR count). The van der Waals surface area contributed by atoms with Gasteiger partial charge in [-0.25, -0.2) is 9.86 Å². The van der Waals surface area contributed by atoms with E-state index in [9.17, 15) is 4.79 Å². The minimum Gasteiger partial charge on any atom is -0.490 e. The van der Waals surface area contributed by atoms with Crippen molar-refractivity contribution in [2.75, 3.05) is 26.2 Å². The number of hydrogen-bond donors (Lipinski definition) is 0. The van der Waals surface area contributed by atoms with Crippen LogP contribution in [-0.4, -0.2) is 53.3 Å². The van der Waals surface area contributed by atoms with Crippen LogP contribution in [0.3, 0.4) is 0 Å². The van der Waals surface area contributed by atoms with Crippen molar-refractivity contribution in [3.05, 3.63) is 60.3 Å². The highest BCUT2D eigenvalue weighted by molar-refractivity contribution is 5.84. The highest BCUT2D eigenvalue weighted by Crippen LogP contribution is 2.27. The number of hydrogen-bond acceptors (Lipinski definition) is 4. The summed E-state index contributed by atoms with van der Waals surface area (Å²) in [6, 6.07) is 16.7. The number of urea groups is 1. The number of rotatable bonds is 3. The number of benzene rings is 2. The molecule has 160 valence electrons. The Hall–Kier alpha value is -3.12. The van der Waals surface area contributed by atoms with Crippen molar-refractivity contribution >= 4 is 16.9 Å². The summed E-state index contributed by atoms with van der Waals surface area (Å²) in [6.07, 6.45) is 4.62. The van der Waals surface area contributed by atoms with Crippen molar-refractivity contribution in [3.63, 3.8) is 0 Å². The predicted molar refractivity (Wildman–Crippen MR) is 120 cm³/mol. The topological polar surface area (TPSA) is 54.9 Å². The maximum atomic E-state index is 12.4. The number of likely N-dealkylation sites (tertiary alicyclic amines) is 1. The first-order valence-corrected chi connectivity index (χ1v) is 11.0. The van der Waals surface area contributed by atoms with E-state index in [1.165, 1.54) is 10.6 Å². The maximum absolute atomic E-state index is 12.4. The minimum atomic E-state index is -0.0144. The molecule has 0 aliphatic carbocycles. The second kappa shape index (κ2) is 8.55. The van der Waals surface area contributed by atoms with Gasteiger partial charge >= 0.3 is 6.03 Å². The van der Waals surface area contributed by atoms with E-state index in [-0.39, 0.29) is 12.1 Å². The van der Waals surface area contributed by atoms with Gasteiger partial charge in [-0.05, 0) is 48.7 Å². The van der Waals surface area contributed by atoms with Crippen molar-refractivity contribution in [1.82, 2.24) is 14.9 Å². The summed E-state index contributed by atoms with van der Waals surface area (Å²) >= 11 is 0. The van der Waals surface area contributed by atoms with Crippen LogP contribution in [0.5, 0.6) is 5.75 Å². The van der Waals surface area contributed by atoms with Crippen LogP contribution in [0.1, 0.15) is 24.8 Å². The highest BCUT2D eigenvalue weighted by Gasteiger charge is 2.29. The van der Waals surface area contributed by atoms with Gasteiger partial charge in [0, 0.05) is 43.1 Å². The van der Waals surface area contributed by atoms with Gasteiger partial charge in [-0.15, -0.1) is 0 Å². The van der Waals surface area contributed by atoms with E-state index in [1.807, 2.05) is 23.2 Å². The van der Waals surface area contributed by atoms with Crippen LogP contribution in [0.15, 0.2) is 54.7 Å². The third-order valence-electron chi connectivity index (χ3n) is 6.01. The predicted octanol–water partition coefficient (Wildman–Crippen LogP) is 4.81. The zero-order valence-corrected chi connectivity index (χ0v) is 17.8. The number of aromatic nitrogens is 1. The molecule has 2 aliphatic heterocycles. The van der Waals surface area contributed by atoms with Gasteiger partial charge in [0.1, 0.15) is 11.9 Å². The Kier molecular flexibility index (Phi) is 5.47. The van der Waals surface area contributed by atoms with Gasteiger partial charge in [0.05, 0.1) is 18.7 Å². The molecule has 0 unspecified atom stereocenters. The monoisotopic (exact) mass is 417 g/mol. The fraction of sp³-hybridized carbons (Fsp3) is 0.360. The van der Waals surface area contributed by atoms with Crippen LogP contribution in [0.25, 0.3) is 22.0 Å². The molecule has 2 aliphatic rings. The number of aryl methyl sites for hydroxylation is 1. The lowest BCUT2D eigenvalue weighted by atomic mass is 10.0. The quantitative estimate of drug-likeness (QED) is 0.614. The van der Waals surface area contributed by atoms with Gasteiger partial charge in [-0.2, -0.15) is 0 Å². The summed E-state index contributed by atoms with van der Waals surface area (Å²) in [7, 11) is 0. The van der Waals surface area contributed by atoms with Gasteiger partial charge in [0.15, 0.2) is 0 Å². The largest absolute Gasteiger partial charge is 0.490 e. The lowest BCUT2D eigenvalue weighted by Gasteiger charge is -2.33. The normalized spacial score (nSPS) is 17.3. The SMILES string of the molecule is Cc1ccc2cc(-c3ccc(OC4CCN(C(=O)N5CCCO5)CC4)cc3)cnc2c1. The van der Waals surface area contributed by atoms with Gasteiger partial charge in [0.2, 0.25) is 0 Å². The lowest BCUT2D eigenvalue weighted by Crippen LogP contribution is -2.47. The molecule has 3 heterocycles.